The van der Waals surface area contributed by atoms with E-state index in [0.29, 0.717) is 35.5 Å². The summed E-state index contributed by atoms with van der Waals surface area (Å²) in [5.74, 6) is 0.999. The summed E-state index contributed by atoms with van der Waals surface area (Å²) in [5.41, 5.74) is 0.655. The Morgan fingerprint density at radius 2 is 0.986 bits per heavy atom. The van der Waals surface area contributed by atoms with Crippen molar-refractivity contribution in [2.75, 3.05) is 0 Å². The molecular weight excluding hydrogens is 938 g/mol. The van der Waals surface area contributed by atoms with Crippen LogP contribution in [0.3, 0.4) is 0 Å². The van der Waals surface area contributed by atoms with E-state index in [0.717, 1.165) is 36.8 Å². The van der Waals surface area contributed by atoms with Crippen molar-refractivity contribution in [3.8, 4) is 0 Å². The average molecular weight is 1030 g/mol. The maximum absolute atomic E-state index is 13.0. The van der Waals surface area contributed by atoms with E-state index in [1.807, 2.05) is 74.5 Å². The van der Waals surface area contributed by atoms with E-state index >= 15 is 0 Å². The lowest BCUT2D eigenvalue weighted by atomic mass is 9.75. The molecule has 2 aromatic rings. The molecule has 0 saturated heterocycles. The van der Waals surface area contributed by atoms with Gasteiger partial charge in [-0.3, -0.25) is 19.2 Å². The van der Waals surface area contributed by atoms with Gasteiger partial charge >= 0.3 is 30.1 Å². The number of amides is 2. The minimum absolute atomic E-state index is 0.0398. The molecule has 0 heterocycles. The van der Waals surface area contributed by atoms with Crippen molar-refractivity contribution in [3.05, 3.63) is 71.8 Å². The van der Waals surface area contributed by atoms with Crippen LogP contribution in [-0.2, 0) is 38.1 Å². The molecule has 0 unspecified atom stereocenters. The van der Waals surface area contributed by atoms with Crippen LogP contribution < -0.4 is 15.5 Å². The predicted molar refractivity (Wildman–Crippen MR) is 285 cm³/mol. The number of carboxylic acid groups (broad SMARTS) is 1. The second-order valence-corrected chi connectivity index (χ2v) is 22.3. The topological polar surface area (TPSA) is 196 Å². The molecule has 4 rings (SSSR count). The van der Waals surface area contributed by atoms with Crippen molar-refractivity contribution in [3.63, 3.8) is 0 Å². The Labute approximate surface area is 437 Å². The summed E-state index contributed by atoms with van der Waals surface area (Å²) >= 11 is 5.83. The highest BCUT2D eigenvalue weighted by atomic mass is 35.5. The van der Waals surface area contributed by atoms with Crippen LogP contribution in [0.5, 0.6) is 0 Å². The number of hydrogen-bond donors (Lipinski definition) is 4. The fourth-order valence-electron chi connectivity index (χ4n) is 8.77. The molecule has 72 heavy (non-hydrogen) atoms. The number of esters is 2. The second-order valence-electron chi connectivity index (χ2n) is 22.0. The molecule has 2 aliphatic carbocycles. The van der Waals surface area contributed by atoms with Gasteiger partial charge in [-0.15, -0.1) is 0 Å². The van der Waals surface area contributed by atoms with Gasteiger partial charge in [-0.2, -0.15) is 0 Å². The van der Waals surface area contributed by atoms with Crippen molar-refractivity contribution >= 4 is 47.7 Å². The molecule has 0 spiro atoms. The number of carbonyl (C=O) groups excluding carboxylic acids is 5. The highest BCUT2D eigenvalue weighted by Crippen LogP contribution is 2.37. The predicted octanol–water partition coefficient (Wildman–Crippen LogP) is 12.9. The molecule has 0 aliphatic heterocycles. The van der Waals surface area contributed by atoms with Crippen LogP contribution in [0.4, 0.5) is 9.59 Å². The van der Waals surface area contributed by atoms with Gasteiger partial charge in [-0.05, 0) is 139 Å². The number of halogens is 1. The van der Waals surface area contributed by atoms with Crippen molar-refractivity contribution in [1.82, 2.24) is 15.5 Å². The number of Topliss-reactive ketones (excluding diaryl/α,β-unsaturated/α-hetero) is 1. The second kappa shape index (κ2) is 32.5. The van der Waals surface area contributed by atoms with Crippen molar-refractivity contribution in [2.24, 2.45) is 35.5 Å². The van der Waals surface area contributed by atoms with Crippen LogP contribution in [0.2, 0.25) is 0 Å². The molecule has 14 nitrogen and oxygen atoms in total. The fraction of sp³-hybridized carbons (Fsp3) is 0.684. The van der Waals surface area contributed by atoms with E-state index in [2.05, 4.69) is 57.0 Å². The molecule has 10 atom stereocenters. The summed E-state index contributed by atoms with van der Waals surface area (Å²) in [4.78, 5) is 74.5. The lowest BCUT2D eigenvalue weighted by Crippen LogP contribution is -2.42. The Morgan fingerprint density at radius 3 is 1.36 bits per heavy atom. The first-order valence-corrected chi connectivity index (χ1v) is 26.6. The van der Waals surface area contributed by atoms with E-state index in [-0.39, 0.29) is 61.2 Å². The van der Waals surface area contributed by atoms with E-state index in [1.54, 1.807) is 48.5 Å². The molecule has 15 heteroatoms. The molecule has 2 fully saturated rings. The summed E-state index contributed by atoms with van der Waals surface area (Å²) < 4.78 is 22.0. The van der Waals surface area contributed by atoms with Gasteiger partial charge in [0.05, 0.1) is 24.9 Å². The van der Waals surface area contributed by atoms with Gasteiger partial charge in [0.25, 0.3) is 0 Å². The molecular formula is C57H92ClN3O11. The minimum atomic E-state index is -1.09. The number of benzene rings is 2. The highest BCUT2D eigenvalue weighted by Gasteiger charge is 2.36. The molecule has 2 saturated carbocycles. The molecule has 4 N–H and O–H groups in total. The SMILES string of the molecule is CC.CC(C)[C@@H]1CC[C@@H](C)C[C@H]1OC(=O)C[C@@H](CC(=O)[C@H](C)NC(=O)OC(C)(C)C)c1ccccc1.CC(C)[C@@H]1CC[C@@H](C)C[C@H]1OC(=O)C[C@@H](NCl)c1ccccc1.C[C@H](NC(=O)OC(C)(C)C)C(=O)O. The fourth-order valence-corrected chi connectivity index (χ4v) is 8.97. The zero-order valence-electron chi connectivity index (χ0n) is 46.5. The molecule has 0 radical (unpaired) electrons. The monoisotopic (exact) mass is 1030 g/mol. The Bertz CT molecular complexity index is 1920. The summed E-state index contributed by atoms with van der Waals surface area (Å²) in [7, 11) is 0. The first-order valence-electron chi connectivity index (χ1n) is 26.2. The lowest BCUT2D eigenvalue weighted by molar-refractivity contribution is -0.157. The van der Waals surface area contributed by atoms with Gasteiger partial charge in [-0.1, -0.05) is 129 Å². The molecule has 2 aromatic carbocycles. The largest absolute Gasteiger partial charge is 0.480 e. The first-order chi connectivity index (χ1) is 33.6. The molecule has 2 aliphatic rings. The normalized spacial score (nSPS) is 21.4. The third-order valence-corrected chi connectivity index (χ3v) is 12.9. The van der Waals surface area contributed by atoms with Crippen LogP contribution in [-0.4, -0.2) is 76.5 Å². The molecule has 0 bridgehead atoms. The Morgan fingerprint density at radius 1 is 0.597 bits per heavy atom. The van der Waals surface area contributed by atoms with Crippen molar-refractivity contribution in [1.29, 1.82) is 0 Å². The van der Waals surface area contributed by atoms with Gasteiger partial charge < -0.3 is 34.7 Å². The van der Waals surface area contributed by atoms with Gasteiger partial charge in [0.1, 0.15) is 29.5 Å². The minimum Gasteiger partial charge on any atom is -0.480 e. The average Bonchev–Trinajstić information content (AvgIpc) is 3.28. The van der Waals surface area contributed by atoms with Crippen LogP contribution >= 0.6 is 11.8 Å². The number of hydrogen-bond acceptors (Lipinski definition) is 11. The molecule has 0 aromatic heterocycles. The number of carbonyl (C=O) groups is 6. The Hall–Kier alpha value is -4.69. The number of aliphatic carboxylic acids is 1. The number of nitrogens with one attached hydrogen (secondary N) is 3. The van der Waals surface area contributed by atoms with Crippen LogP contribution in [0.1, 0.15) is 192 Å². The van der Waals surface area contributed by atoms with Crippen LogP contribution in [0.15, 0.2) is 60.7 Å². The van der Waals surface area contributed by atoms with E-state index in [1.165, 1.54) is 19.8 Å². The zero-order chi connectivity index (χ0) is 54.9. The van der Waals surface area contributed by atoms with Gasteiger partial charge in [0.2, 0.25) is 0 Å². The van der Waals surface area contributed by atoms with Gasteiger partial charge in [0.15, 0.2) is 5.78 Å². The Balaban J connectivity index is 0.000000586. The van der Waals surface area contributed by atoms with Crippen molar-refractivity contribution in [2.45, 2.75) is 216 Å². The quantitative estimate of drug-likeness (QED) is 0.0666. The van der Waals surface area contributed by atoms with Gasteiger partial charge in [0, 0.05) is 12.3 Å². The lowest BCUT2D eigenvalue weighted by Gasteiger charge is -2.37. The van der Waals surface area contributed by atoms with Crippen LogP contribution in [0, 0.1) is 35.5 Å². The molecule has 408 valence electrons. The van der Waals surface area contributed by atoms with Gasteiger partial charge in [-0.25, -0.2) is 14.4 Å². The third kappa shape index (κ3) is 26.3. The van der Waals surface area contributed by atoms with E-state index < -0.39 is 41.4 Å². The van der Waals surface area contributed by atoms with Crippen LogP contribution in [0.25, 0.3) is 0 Å². The maximum Gasteiger partial charge on any atom is 0.408 e. The van der Waals surface area contributed by atoms with E-state index in [4.69, 9.17) is 35.8 Å². The standard InChI is InChI=1S/C28H43NO5.C19H28ClNO2.C8H15NO4.C2H6/c1-18(2)23-14-13-19(3)15-25(23)33-26(31)17-22(21-11-9-8-10-12-21)16-24(30)20(4)29-27(32)34-28(5,6)7;1-13(2)16-10-9-14(3)11-18(16)23-19(22)12-17(21-20)15-7-5-4-6-8-15;1-5(6(10)11)9-7(12)13-8(2,3)4;1-2/h8-12,18-20,22-23,25H,13-17H2,1-7H3,(H,29,32);4-8,13-14,16-18,21H,9-12H2,1-3H3;5H,1-4H3,(H,9,12)(H,10,11);1-2H3/t19-,20+,22-,23+,25-;14-,16+,17-,18-;5-;/m110./s1. The summed E-state index contributed by atoms with van der Waals surface area (Å²) in [6.45, 7) is 30.7. The molecule has 2 amide bonds. The van der Waals surface area contributed by atoms with E-state index in [9.17, 15) is 28.8 Å². The maximum atomic E-state index is 13.0. The summed E-state index contributed by atoms with van der Waals surface area (Å²) in [6, 6.07) is 17.5. The highest BCUT2D eigenvalue weighted by molar-refractivity contribution is 6.13. The zero-order valence-corrected chi connectivity index (χ0v) is 47.2. The summed E-state index contributed by atoms with van der Waals surface area (Å²) in [6.07, 6.45) is 5.61. The summed E-state index contributed by atoms with van der Waals surface area (Å²) in [5, 5.41) is 13.2. The Kier molecular flexibility index (Phi) is 29.5. The third-order valence-electron chi connectivity index (χ3n) is 12.6. The number of ether oxygens (including phenoxy) is 4. The number of alkyl carbamates (subject to hydrolysis) is 2. The van der Waals surface area contributed by atoms with Crippen molar-refractivity contribution < 1.29 is 52.8 Å². The number of rotatable bonds is 17. The number of ketones is 1. The number of carboxylic acids is 1. The smallest absolute Gasteiger partial charge is 0.408 e. The first kappa shape index (κ1) is 65.3.